The second kappa shape index (κ2) is 9.71. The largest absolute Gasteiger partial charge is 0.454 e. The average Bonchev–Trinajstić information content (AvgIpc) is 3.23. The van der Waals surface area contributed by atoms with Gasteiger partial charge in [-0.25, -0.2) is 8.42 Å². The molecule has 0 aliphatic carbocycles. The Kier molecular flexibility index (Phi) is 7.04. The summed E-state index contributed by atoms with van der Waals surface area (Å²) in [4.78, 5) is 14.6. The number of sulfonamides is 1. The predicted molar refractivity (Wildman–Crippen MR) is 117 cm³/mol. The molecule has 9 heteroatoms. The molecule has 162 valence electrons. The molecule has 0 spiro atoms. The van der Waals surface area contributed by atoms with Gasteiger partial charge in [-0.05, 0) is 37.6 Å². The smallest absolute Gasteiger partial charge is 0.240 e. The monoisotopic (exact) mass is 433 g/mol. The standard InChI is InChI=1S/C21H27N3O5S/c1-3-30(26,27)24(18-10-11-19-20(14-18)29-16-28-19)15-21(25)22-12-7-13-23(2)17-8-5-4-6-9-17/h4-6,8-11,14H,3,7,12-13,15-16H2,1-2H3,(H,22,25). The molecule has 2 aromatic rings. The first-order valence-electron chi connectivity index (χ1n) is 9.83. The molecule has 1 N–H and O–H groups in total. The first-order chi connectivity index (χ1) is 14.4. The lowest BCUT2D eigenvalue weighted by atomic mass is 10.2. The van der Waals surface area contributed by atoms with E-state index in [1.54, 1.807) is 25.1 Å². The Morgan fingerprint density at radius 1 is 1.07 bits per heavy atom. The minimum atomic E-state index is -3.64. The van der Waals surface area contributed by atoms with E-state index in [2.05, 4.69) is 10.2 Å². The number of hydrogen-bond donors (Lipinski definition) is 1. The van der Waals surface area contributed by atoms with E-state index >= 15 is 0 Å². The van der Waals surface area contributed by atoms with Crippen LogP contribution in [0.15, 0.2) is 48.5 Å². The van der Waals surface area contributed by atoms with Crippen molar-refractivity contribution >= 4 is 27.3 Å². The van der Waals surface area contributed by atoms with Gasteiger partial charge in [0.2, 0.25) is 22.7 Å². The van der Waals surface area contributed by atoms with E-state index in [1.807, 2.05) is 37.4 Å². The molecule has 0 saturated heterocycles. The fraction of sp³-hybridized carbons (Fsp3) is 0.381. The molecule has 3 rings (SSSR count). The van der Waals surface area contributed by atoms with Crippen LogP contribution in [0.25, 0.3) is 0 Å². The van der Waals surface area contributed by atoms with Gasteiger partial charge in [0, 0.05) is 31.9 Å². The van der Waals surface area contributed by atoms with E-state index in [4.69, 9.17) is 9.47 Å². The summed E-state index contributed by atoms with van der Waals surface area (Å²) in [5.41, 5.74) is 1.48. The number of ether oxygens (including phenoxy) is 2. The third-order valence-corrected chi connectivity index (χ3v) is 6.56. The van der Waals surface area contributed by atoms with E-state index in [9.17, 15) is 13.2 Å². The number of carbonyl (C=O) groups excluding carboxylic acids is 1. The van der Waals surface area contributed by atoms with Crippen molar-refractivity contribution in [2.75, 3.05) is 48.4 Å². The summed E-state index contributed by atoms with van der Waals surface area (Å²) in [6.45, 7) is 2.58. The quantitative estimate of drug-likeness (QED) is 0.578. The maximum Gasteiger partial charge on any atom is 0.240 e. The molecule has 0 fully saturated rings. The molecular formula is C21H27N3O5S. The van der Waals surface area contributed by atoms with Crippen molar-refractivity contribution in [3.8, 4) is 11.5 Å². The lowest BCUT2D eigenvalue weighted by Crippen LogP contribution is -2.42. The summed E-state index contributed by atoms with van der Waals surface area (Å²) in [6, 6.07) is 14.8. The molecular weight excluding hydrogens is 406 g/mol. The molecule has 1 amide bonds. The minimum Gasteiger partial charge on any atom is -0.454 e. The molecule has 0 aromatic heterocycles. The number of anilines is 2. The van der Waals surface area contributed by atoms with Crippen LogP contribution in [0.2, 0.25) is 0 Å². The SMILES string of the molecule is CCS(=O)(=O)N(CC(=O)NCCCN(C)c1ccccc1)c1ccc2c(c1)OCO2. The summed E-state index contributed by atoms with van der Waals surface area (Å²) >= 11 is 0. The fourth-order valence-corrected chi connectivity index (χ4v) is 4.15. The average molecular weight is 434 g/mol. The van der Waals surface area contributed by atoms with Crippen molar-refractivity contribution in [2.24, 2.45) is 0 Å². The van der Waals surface area contributed by atoms with Gasteiger partial charge >= 0.3 is 0 Å². The van der Waals surface area contributed by atoms with Crippen molar-refractivity contribution in [1.29, 1.82) is 0 Å². The highest BCUT2D eigenvalue weighted by molar-refractivity contribution is 7.92. The summed E-state index contributed by atoms with van der Waals surface area (Å²) in [5, 5.41) is 2.81. The Morgan fingerprint density at radius 3 is 2.53 bits per heavy atom. The first kappa shape index (κ1) is 21.8. The molecule has 8 nitrogen and oxygen atoms in total. The van der Waals surface area contributed by atoms with Gasteiger partial charge in [0.25, 0.3) is 0 Å². The molecule has 0 saturated carbocycles. The van der Waals surface area contributed by atoms with Crippen LogP contribution in [0.3, 0.4) is 0 Å². The number of nitrogens with one attached hydrogen (secondary N) is 1. The van der Waals surface area contributed by atoms with Gasteiger partial charge in [0.15, 0.2) is 11.5 Å². The van der Waals surface area contributed by atoms with Crippen LogP contribution in [0, 0.1) is 0 Å². The number of nitrogens with zero attached hydrogens (tertiary/aromatic N) is 2. The van der Waals surface area contributed by atoms with Crippen LogP contribution < -0.4 is 24.0 Å². The molecule has 1 heterocycles. The van der Waals surface area contributed by atoms with Crippen molar-refractivity contribution in [3.05, 3.63) is 48.5 Å². The Morgan fingerprint density at radius 2 is 1.80 bits per heavy atom. The van der Waals surface area contributed by atoms with E-state index in [0.29, 0.717) is 23.7 Å². The number of fused-ring (bicyclic) bond motifs is 1. The van der Waals surface area contributed by atoms with Crippen LogP contribution >= 0.6 is 0 Å². The number of hydrogen-bond acceptors (Lipinski definition) is 6. The van der Waals surface area contributed by atoms with Crippen molar-refractivity contribution < 1.29 is 22.7 Å². The zero-order chi connectivity index (χ0) is 21.6. The second-order valence-electron chi connectivity index (χ2n) is 6.91. The third-order valence-electron chi connectivity index (χ3n) is 4.82. The van der Waals surface area contributed by atoms with Crippen molar-refractivity contribution in [2.45, 2.75) is 13.3 Å². The van der Waals surface area contributed by atoms with Crippen LogP contribution in [-0.2, 0) is 14.8 Å². The Bertz CT molecular complexity index is 966. The maximum absolute atomic E-state index is 12.6. The topological polar surface area (TPSA) is 88.2 Å². The maximum atomic E-state index is 12.6. The lowest BCUT2D eigenvalue weighted by molar-refractivity contribution is -0.119. The number of carbonyl (C=O) groups is 1. The first-order valence-corrected chi connectivity index (χ1v) is 11.4. The van der Waals surface area contributed by atoms with Gasteiger partial charge in [-0.1, -0.05) is 18.2 Å². The van der Waals surface area contributed by atoms with Gasteiger partial charge in [-0.2, -0.15) is 0 Å². The van der Waals surface area contributed by atoms with Crippen LogP contribution in [0.5, 0.6) is 11.5 Å². The number of rotatable bonds is 10. The van der Waals surface area contributed by atoms with E-state index in [1.165, 1.54) is 0 Å². The van der Waals surface area contributed by atoms with Crippen LogP contribution in [0.4, 0.5) is 11.4 Å². The lowest BCUT2D eigenvalue weighted by Gasteiger charge is -2.24. The Labute approximate surface area is 177 Å². The number of benzene rings is 2. The van der Waals surface area contributed by atoms with Gasteiger partial charge in [0.1, 0.15) is 6.54 Å². The molecule has 0 atom stereocenters. The fourth-order valence-electron chi connectivity index (χ4n) is 3.09. The molecule has 1 aliphatic heterocycles. The highest BCUT2D eigenvalue weighted by Gasteiger charge is 2.25. The minimum absolute atomic E-state index is 0.0945. The van der Waals surface area contributed by atoms with E-state index < -0.39 is 10.0 Å². The molecule has 0 bridgehead atoms. The van der Waals surface area contributed by atoms with E-state index in [0.717, 1.165) is 23.0 Å². The zero-order valence-corrected chi connectivity index (χ0v) is 18.0. The molecule has 2 aromatic carbocycles. The summed E-state index contributed by atoms with van der Waals surface area (Å²) in [6.07, 6.45) is 0.738. The summed E-state index contributed by atoms with van der Waals surface area (Å²) in [7, 11) is -1.65. The van der Waals surface area contributed by atoms with E-state index in [-0.39, 0.29) is 25.0 Å². The summed E-state index contributed by atoms with van der Waals surface area (Å²) in [5.74, 6) is 0.552. The van der Waals surface area contributed by atoms with Gasteiger partial charge in [-0.15, -0.1) is 0 Å². The van der Waals surface area contributed by atoms with Crippen LogP contribution in [0.1, 0.15) is 13.3 Å². The Balaban J connectivity index is 1.56. The predicted octanol–water partition coefficient (Wildman–Crippen LogP) is 2.21. The Hall–Kier alpha value is -2.94. The molecule has 0 radical (unpaired) electrons. The van der Waals surface area contributed by atoms with Crippen LogP contribution in [-0.4, -0.2) is 53.6 Å². The number of amides is 1. The molecule has 1 aliphatic rings. The molecule has 0 unspecified atom stereocenters. The highest BCUT2D eigenvalue weighted by Crippen LogP contribution is 2.36. The second-order valence-corrected chi connectivity index (χ2v) is 9.09. The van der Waals surface area contributed by atoms with Gasteiger partial charge < -0.3 is 19.7 Å². The van der Waals surface area contributed by atoms with Gasteiger partial charge in [0.05, 0.1) is 11.4 Å². The molecule has 30 heavy (non-hydrogen) atoms. The number of para-hydroxylation sites is 1. The highest BCUT2D eigenvalue weighted by atomic mass is 32.2. The normalized spacial score (nSPS) is 12.5. The zero-order valence-electron chi connectivity index (χ0n) is 17.2. The van der Waals surface area contributed by atoms with Crippen molar-refractivity contribution in [1.82, 2.24) is 5.32 Å². The van der Waals surface area contributed by atoms with Gasteiger partial charge in [-0.3, -0.25) is 9.10 Å². The third kappa shape index (κ3) is 5.35. The summed E-state index contributed by atoms with van der Waals surface area (Å²) < 4.78 is 36.9. The van der Waals surface area contributed by atoms with Crippen molar-refractivity contribution in [3.63, 3.8) is 0 Å².